The van der Waals surface area contributed by atoms with E-state index in [0.29, 0.717) is 5.92 Å². The van der Waals surface area contributed by atoms with Gasteiger partial charge in [0, 0.05) is 24.0 Å². The first-order valence-corrected chi connectivity index (χ1v) is 6.99. The van der Waals surface area contributed by atoms with Crippen LogP contribution in [0.5, 0.6) is 0 Å². The molecule has 94 valence electrons. The van der Waals surface area contributed by atoms with Crippen molar-refractivity contribution in [2.24, 2.45) is 0 Å². The second-order valence-corrected chi connectivity index (χ2v) is 5.23. The Labute approximate surface area is 110 Å². The Kier molecular flexibility index (Phi) is 3.47. The number of anilines is 2. The van der Waals surface area contributed by atoms with Crippen molar-refractivity contribution in [1.82, 2.24) is 20.3 Å². The van der Waals surface area contributed by atoms with Crippen LogP contribution in [0.15, 0.2) is 24.0 Å². The highest BCUT2D eigenvalue weighted by Gasteiger charge is 2.16. The lowest BCUT2D eigenvalue weighted by atomic mass is 9.97. The number of hydrogen-bond donors (Lipinski definition) is 2. The molecule has 1 atom stereocenters. The molecule has 2 aromatic heterocycles. The molecular weight excluding hydrogens is 246 g/mol. The van der Waals surface area contributed by atoms with E-state index in [1.165, 1.54) is 12.8 Å². The molecule has 0 amide bonds. The van der Waals surface area contributed by atoms with E-state index in [9.17, 15) is 0 Å². The summed E-state index contributed by atoms with van der Waals surface area (Å²) in [6, 6.07) is 0. The average Bonchev–Trinajstić information content (AvgIpc) is 2.94. The minimum absolute atomic E-state index is 0.500. The van der Waals surface area contributed by atoms with Crippen molar-refractivity contribution in [3.63, 3.8) is 0 Å². The van der Waals surface area contributed by atoms with Crippen molar-refractivity contribution in [3.8, 4) is 0 Å². The van der Waals surface area contributed by atoms with Crippen LogP contribution in [0, 0.1) is 0 Å². The number of nitrogens with one attached hydrogen (secondary N) is 2. The summed E-state index contributed by atoms with van der Waals surface area (Å²) < 4.78 is 0. The highest BCUT2D eigenvalue weighted by Crippen LogP contribution is 2.22. The first-order chi connectivity index (χ1) is 8.92. The van der Waals surface area contributed by atoms with E-state index in [-0.39, 0.29) is 0 Å². The van der Waals surface area contributed by atoms with Crippen LogP contribution in [0.25, 0.3) is 0 Å². The molecule has 5 nitrogen and oxygen atoms in total. The van der Waals surface area contributed by atoms with Gasteiger partial charge < -0.3 is 10.6 Å². The van der Waals surface area contributed by atoms with Gasteiger partial charge in [-0.25, -0.2) is 9.97 Å². The fourth-order valence-corrected chi connectivity index (χ4v) is 2.65. The highest BCUT2D eigenvalue weighted by molar-refractivity contribution is 7.13. The predicted molar refractivity (Wildman–Crippen MR) is 72.3 cm³/mol. The quantitative estimate of drug-likeness (QED) is 0.886. The molecule has 2 N–H and O–H groups in total. The summed E-state index contributed by atoms with van der Waals surface area (Å²) in [5.74, 6) is 1.25. The lowest BCUT2D eigenvalue weighted by molar-refractivity contribution is 0.454. The molecule has 1 aliphatic heterocycles. The summed E-state index contributed by atoms with van der Waals surface area (Å²) in [5.41, 5.74) is 1.08. The van der Waals surface area contributed by atoms with Crippen molar-refractivity contribution >= 4 is 22.3 Å². The lowest BCUT2D eigenvalue weighted by Crippen LogP contribution is -2.28. The Morgan fingerprint density at radius 2 is 2.28 bits per heavy atom. The summed E-state index contributed by atoms with van der Waals surface area (Å²) in [6.07, 6.45) is 7.83. The van der Waals surface area contributed by atoms with Gasteiger partial charge in [0.25, 0.3) is 0 Å². The number of piperidine rings is 1. The van der Waals surface area contributed by atoms with Gasteiger partial charge in [-0.1, -0.05) is 0 Å². The van der Waals surface area contributed by atoms with E-state index in [4.69, 9.17) is 0 Å². The monoisotopic (exact) mass is 261 g/mol. The second-order valence-electron chi connectivity index (χ2n) is 4.33. The molecular formula is C12H15N5S. The topological polar surface area (TPSA) is 62.7 Å². The normalized spacial score (nSPS) is 19.7. The Morgan fingerprint density at radius 3 is 2.94 bits per heavy atom. The van der Waals surface area contributed by atoms with Crippen LogP contribution < -0.4 is 10.6 Å². The van der Waals surface area contributed by atoms with E-state index >= 15 is 0 Å². The van der Waals surface area contributed by atoms with Crippen LogP contribution in [0.4, 0.5) is 10.9 Å². The van der Waals surface area contributed by atoms with Gasteiger partial charge in [-0.2, -0.15) is 0 Å². The average molecular weight is 261 g/mol. The van der Waals surface area contributed by atoms with Crippen molar-refractivity contribution in [2.45, 2.75) is 18.8 Å². The maximum atomic E-state index is 4.49. The SMILES string of the molecule is c1csc(Nc2cnc(C3CCCNC3)cn2)n1. The molecule has 0 spiro atoms. The van der Waals surface area contributed by atoms with Gasteiger partial charge in [0.2, 0.25) is 0 Å². The van der Waals surface area contributed by atoms with Crippen LogP contribution in [-0.2, 0) is 0 Å². The van der Waals surface area contributed by atoms with Crippen molar-refractivity contribution in [2.75, 3.05) is 18.4 Å². The summed E-state index contributed by atoms with van der Waals surface area (Å²) >= 11 is 1.55. The Balaban J connectivity index is 1.68. The van der Waals surface area contributed by atoms with Gasteiger partial charge in [0.15, 0.2) is 10.9 Å². The zero-order valence-corrected chi connectivity index (χ0v) is 10.8. The standard InChI is InChI=1S/C12H15N5S/c1-2-9(6-13-3-1)10-7-16-11(8-15-10)17-12-14-4-5-18-12/h4-5,7-9,13H,1-3,6H2,(H,14,16,17). The fourth-order valence-electron chi connectivity index (χ4n) is 2.11. The summed E-state index contributed by atoms with van der Waals surface area (Å²) in [5, 5.41) is 9.30. The van der Waals surface area contributed by atoms with Gasteiger partial charge in [-0.05, 0) is 19.4 Å². The number of hydrogen-bond acceptors (Lipinski definition) is 6. The number of aromatic nitrogens is 3. The molecule has 18 heavy (non-hydrogen) atoms. The highest BCUT2D eigenvalue weighted by atomic mass is 32.1. The Morgan fingerprint density at radius 1 is 1.28 bits per heavy atom. The maximum absolute atomic E-state index is 4.49. The molecule has 0 aromatic carbocycles. The smallest absolute Gasteiger partial charge is 0.188 e. The fraction of sp³-hybridized carbons (Fsp3) is 0.417. The van der Waals surface area contributed by atoms with Gasteiger partial charge in [0.05, 0.1) is 18.1 Å². The number of nitrogens with zero attached hydrogens (tertiary/aromatic N) is 3. The van der Waals surface area contributed by atoms with Crippen molar-refractivity contribution < 1.29 is 0 Å². The summed E-state index contributed by atoms with van der Waals surface area (Å²) in [4.78, 5) is 13.0. The summed E-state index contributed by atoms with van der Waals surface area (Å²) in [6.45, 7) is 2.13. The molecule has 0 bridgehead atoms. The molecule has 1 aliphatic rings. The molecule has 0 radical (unpaired) electrons. The Bertz CT molecular complexity index is 476. The minimum atomic E-state index is 0.500. The third-order valence-corrected chi connectivity index (χ3v) is 3.74. The molecule has 1 saturated heterocycles. The molecule has 2 aromatic rings. The number of rotatable bonds is 3. The molecule has 1 fully saturated rings. The molecule has 1 unspecified atom stereocenters. The van der Waals surface area contributed by atoms with Crippen LogP contribution >= 0.6 is 11.3 Å². The molecule has 3 rings (SSSR count). The van der Waals surface area contributed by atoms with Gasteiger partial charge in [-0.3, -0.25) is 4.98 Å². The van der Waals surface area contributed by atoms with E-state index in [2.05, 4.69) is 25.6 Å². The van der Waals surface area contributed by atoms with Gasteiger partial charge in [0.1, 0.15) is 0 Å². The van der Waals surface area contributed by atoms with Gasteiger partial charge >= 0.3 is 0 Å². The van der Waals surface area contributed by atoms with Crippen molar-refractivity contribution in [3.05, 3.63) is 29.7 Å². The zero-order chi connectivity index (χ0) is 12.2. The largest absolute Gasteiger partial charge is 0.316 e. The van der Waals surface area contributed by atoms with E-state index in [1.807, 2.05) is 11.6 Å². The predicted octanol–water partition coefficient (Wildman–Crippen LogP) is 2.14. The Hall–Kier alpha value is -1.53. The first kappa shape index (κ1) is 11.6. The third-order valence-electron chi connectivity index (χ3n) is 3.05. The van der Waals surface area contributed by atoms with Crippen LogP contribution in [0.1, 0.15) is 24.5 Å². The van der Waals surface area contributed by atoms with E-state index in [0.717, 1.165) is 29.7 Å². The molecule has 0 aliphatic carbocycles. The van der Waals surface area contributed by atoms with Crippen LogP contribution in [0.3, 0.4) is 0 Å². The third kappa shape index (κ3) is 2.65. The van der Waals surface area contributed by atoms with Crippen molar-refractivity contribution in [1.29, 1.82) is 0 Å². The van der Waals surface area contributed by atoms with Crippen LogP contribution in [0.2, 0.25) is 0 Å². The van der Waals surface area contributed by atoms with E-state index < -0.39 is 0 Å². The van der Waals surface area contributed by atoms with E-state index in [1.54, 1.807) is 23.7 Å². The minimum Gasteiger partial charge on any atom is -0.316 e. The number of thiazole rings is 1. The first-order valence-electron chi connectivity index (χ1n) is 6.11. The molecule has 6 heteroatoms. The second kappa shape index (κ2) is 5.41. The maximum Gasteiger partial charge on any atom is 0.188 e. The van der Waals surface area contributed by atoms with Crippen LogP contribution in [-0.4, -0.2) is 28.0 Å². The lowest BCUT2D eigenvalue weighted by Gasteiger charge is -2.21. The molecule has 3 heterocycles. The summed E-state index contributed by atoms with van der Waals surface area (Å²) in [7, 11) is 0. The zero-order valence-electron chi connectivity index (χ0n) is 9.97. The molecule has 0 saturated carbocycles. The van der Waals surface area contributed by atoms with Gasteiger partial charge in [-0.15, -0.1) is 11.3 Å².